The first-order valence-corrected chi connectivity index (χ1v) is 5.34. The maximum absolute atomic E-state index is 10.6. The summed E-state index contributed by atoms with van der Waals surface area (Å²) in [5.41, 5.74) is 6.03. The van der Waals surface area contributed by atoms with E-state index in [2.05, 4.69) is 10.3 Å². The van der Waals surface area contributed by atoms with Crippen LogP contribution in [0.25, 0.3) is 0 Å². The molecule has 4 N–H and O–H groups in total. The van der Waals surface area contributed by atoms with Gasteiger partial charge in [-0.1, -0.05) is 0 Å². The van der Waals surface area contributed by atoms with Crippen LogP contribution in [-0.2, 0) is 4.79 Å². The summed E-state index contributed by atoms with van der Waals surface area (Å²) < 4.78 is 5.48. The number of aromatic nitrogens is 1. The van der Waals surface area contributed by atoms with Gasteiger partial charge in [0.2, 0.25) is 5.88 Å². The predicted molar refractivity (Wildman–Crippen MR) is 64.1 cm³/mol. The van der Waals surface area contributed by atoms with Crippen molar-refractivity contribution < 1.29 is 14.6 Å². The van der Waals surface area contributed by atoms with Gasteiger partial charge in [0.1, 0.15) is 6.04 Å². The van der Waals surface area contributed by atoms with Crippen molar-refractivity contribution in [2.45, 2.75) is 26.0 Å². The summed E-state index contributed by atoms with van der Waals surface area (Å²) in [4.78, 5) is 14.6. The highest BCUT2D eigenvalue weighted by molar-refractivity contribution is 5.74. The lowest BCUT2D eigenvalue weighted by atomic mass is 10.3. The van der Waals surface area contributed by atoms with Crippen LogP contribution in [0.5, 0.6) is 5.88 Å². The van der Waals surface area contributed by atoms with E-state index in [4.69, 9.17) is 15.6 Å². The highest BCUT2D eigenvalue weighted by Gasteiger charge is 2.12. The summed E-state index contributed by atoms with van der Waals surface area (Å²) in [6, 6.07) is 2.54. The van der Waals surface area contributed by atoms with Crippen molar-refractivity contribution in [1.82, 2.24) is 4.98 Å². The summed E-state index contributed by atoms with van der Waals surface area (Å²) in [6.45, 7) is 3.90. The molecular weight excluding hydrogens is 222 g/mol. The molecule has 0 aliphatic rings. The molecule has 0 bridgehead atoms. The highest BCUT2D eigenvalue weighted by atomic mass is 16.5. The van der Waals surface area contributed by atoms with Gasteiger partial charge in [0, 0.05) is 12.7 Å². The fourth-order valence-electron chi connectivity index (χ4n) is 1.15. The zero-order chi connectivity index (χ0) is 12.8. The molecule has 1 atom stereocenters. The Hall–Kier alpha value is -1.82. The molecule has 0 aliphatic carbocycles. The van der Waals surface area contributed by atoms with Crippen molar-refractivity contribution in [3.05, 3.63) is 18.3 Å². The number of carbonyl (C=O) groups is 1. The number of nitrogens with one attached hydrogen (secondary N) is 1. The van der Waals surface area contributed by atoms with Crippen molar-refractivity contribution in [1.29, 1.82) is 0 Å². The molecule has 0 radical (unpaired) electrons. The number of pyridine rings is 1. The van der Waals surface area contributed by atoms with E-state index in [1.165, 1.54) is 0 Å². The highest BCUT2D eigenvalue weighted by Crippen LogP contribution is 2.21. The third kappa shape index (κ3) is 4.28. The molecular formula is C11H17N3O3. The molecule has 1 rings (SSSR count). The number of nitrogens with zero attached hydrogens (tertiary/aromatic N) is 1. The van der Waals surface area contributed by atoms with Crippen LogP contribution in [0.3, 0.4) is 0 Å². The van der Waals surface area contributed by atoms with Gasteiger partial charge in [-0.2, -0.15) is 0 Å². The lowest BCUT2D eigenvalue weighted by Gasteiger charge is -2.15. The SMILES string of the molecule is CC(C)Oc1ncccc1NCC(N)C(=O)O. The minimum Gasteiger partial charge on any atom is -0.480 e. The minimum absolute atomic E-state index is 0.00130. The van der Waals surface area contributed by atoms with Gasteiger partial charge < -0.3 is 20.9 Å². The molecule has 0 amide bonds. The van der Waals surface area contributed by atoms with Crippen LogP contribution < -0.4 is 15.8 Å². The number of hydrogen-bond acceptors (Lipinski definition) is 5. The van der Waals surface area contributed by atoms with Gasteiger partial charge in [-0.15, -0.1) is 0 Å². The summed E-state index contributed by atoms with van der Waals surface area (Å²) in [5, 5.41) is 11.6. The van der Waals surface area contributed by atoms with Gasteiger partial charge >= 0.3 is 5.97 Å². The van der Waals surface area contributed by atoms with Crippen LogP contribution in [0.4, 0.5) is 5.69 Å². The maximum atomic E-state index is 10.6. The van der Waals surface area contributed by atoms with Crippen molar-refractivity contribution in [3.63, 3.8) is 0 Å². The molecule has 17 heavy (non-hydrogen) atoms. The van der Waals surface area contributed by atoms with Crippen LogP contribution in [0, 0.1) is 0 Å². The average molecular weight is 239 g/mol. The van der Waals surface area contributed by atoms with Gasteiger partial charge in [-0.3, -0.25) is 4.79 Å². The van der Waals surface area contributed by atoms with Crippen LogP contribution in [-0.4, -0.2) is 34.8 Å². The molecule has 1 aromatic rings. The van der Waals surface area contributed by atoms with Crippen LogP contribution in [0.2, 0.25) is 0 Å². The summed E-state index contributed by atoms with van der Waals surface area (Å²) in [5.74, 6) is -0.604. The smallest absolute Gasteiger partial charge is 0.322 e. The molecule has 1 aromatic heterocycles. The molecule has 0 spiro atoms. The molecule has 0 saturated heterocycles. The Kier molecular flexibility index (Phi) is 4.71. The molecule has 1 unspecified atom stereocenters. The Morgan fingerprint density at radius 3 is 2.94 bits per heavy atom. The predicted octanol–water partition coefficient (Wildman–Crippen LogP) is 0.693. The average Bonchev–Trinajstić information content (AvgIpc) is 2.26. The molecule has 0 aromatic carbocycles. The number of carboxylic acids is 1. The number of aliphatic carboxylic acids is 1. The number of nitrogens with two attached hydrogens (primary N) is 1. The van der Waals surface area contributed by atoms with E-state index >= 15 is 0 Å². The van der Waals surface area contributed by atoms with E-state index in [9.17, 15) is 4.79 Å². The van der Waals surface area contributed by atoms with E-state index in [0.29, 0.717) is 11.6 Å². The van der Waals surface area contributed by atoms with E-state index in [1.54, 1.807) is 18.3 Å². The number of anilines is 1. The number of rotatable bonds is 6. The molecule has 0 saturated carbocycles. The van der Waals surface area contributed by atoms with Crippen molar-refractivity contribution in [2.24, 2.45) is 5.73 Å². The first kappa shape index (κ1) is 13.2. The van der Waals surface area contributed by atoms with Crippen LogP contribution in [0.15, 0.2) is 18.3 Å². The molecule has 94 valence electrons. The Morgan fingerprint density at radius 2 is 2.35 bits per heavy atom. The van der Waals surface area contributed by atoms with Crippen molar-refractivity contribution in [2.75, 3.05) is 11.9 Å². The zero-order valence-electron chi connectivity index (χ0n) is 9.88. The van der Waals surface area contributed by atoms with E-state index in [-0.39, 0.29) is 12.6 Å². The monoisotopic (exact) mass is 239 g/mol. The third-order valence-corrected chi connectivity index (χ3v) is 1.95. The second-order valence-electron chi connectivity index (χ2n) is 3.85. The number of carboxylic acid groups (broad SMARTS) is 1. The summed E-state index contributed by atoms with van der Waals surface area (Å²) >= 11 is 0. The molecule has 6 nitrogen and oxygen atoms in total. The van der Waals surface area contributed by atoms with Crippen LogP contribution in [0.1, 0.15) is 13.8 Å². The largest absolute Gasteiger partial charge is 0.480 e. The summed E-state index contributed by atoms with van der Waals surface area (Å²) in [7, 11) is 0. The van der Waals surface area contributed by atoms with E-state index in [0.717, 1.165) is 0 Å². The fraction of sp³-hybridized carbons (Fsp3) is 0.455. The molecule has 1 heterocycles. The lowest BCUT2D eigenvalue weighted by molar-refractivity contribution is -0.138. The Bertz CT molecular complexity index is 382. The second kappa shape index (κ2) is 6.05. The normalized spacial score (nSPS) is 12.2. The van der Waals surface area contributed by atoms with Crippen molar-refractivity contribution >= 4 is 11.7 Å². The Labute approximate surface area is 99.8 Å². The van der Waals surface area contributed by atoms with Gasteiger partial charge in [0.05, 0.1) is 11.8 Å². The topological polar surface area (TPSA) is 97.5 Å². The lowest BCUT2D eigenvalue weighted by Crippen LogP contribution is -2.37. The number of ether oxygens (including phenoxy) is 1. The molecule has 0 aliphatic heterocycles. The fourth-order valence-corrected chi connectivity index (χ4v) is 1.15. The van der Waals surface area contributed by atoms with Gasteiger partial charge in [0.25, 0.3) is 0 Å². The Morgan fingerprint density at radius 1 is 1.65 bits per heavy atom. The first-order valence-electron chi connectivity index (χ1n) is 5.34. The first-order chi connectivity index (χ1) is 8.00. The number of hydrogen-bond donors (Lipinski definition) is 3. The van der Waals surface area contributed by atoms with Gasteiger partial charge in [-0.05, 0) is 26.0 Å². The molecule has 0 fully saturated rings. The maximum Gasteiger partial charge on any atom is 0.322 e. The van der Waals surface area contributed by atoms with E-state index in [1.807, 2.05) is 13.8 Å². The zero-order valence-corrected chi connectivity index (χ0v) is 9.88. The third-order valence-electron chi connectivity index (χ3n) is 1.95. The standard InChI is InChI=1S/C11H17N3O3/c1-7(2)17-10-9(4-3-5-13-10)14-6-8(12)11(15)16/h3-5,7-8,14H,6,12H2,1-2H3,(H,15,16). The Balaban J connectivity index is 2.66. The summed E-state index contributed by atoms with van der Waals surface area (Å²) in [6.07, 6.45) is 1.61. The second-order valence-corrected chi connectivity index (χ2v) is 3.85. The van der Waals surface area contributed by atoms with Gasteiger partial charge in [0.15, 0.2) is 0 Å². The van der Waals surface area contributed by atoms with Crippen molar-refractivity contribution in [3.8, 4) is 5.88 Å². The van der Waals surface area contributed by atoms with E-state index < -0.39 is 12.0 Å². The van der Waals surface area contributed by atoms with Gasteiger partial charge in [-0.25, -0.2) is 4.98 Å². The minimum atomic E-state index is -1.05. The quantitative estimate of drug-likeness (QED) is 0.675. The molecule has 6 heteroatoms. The van der Waals surface area contributed by atoms with Crippen LogP contribution >= 0.6 is 0 Å².